The zero-order valence-corrected chi connectivity index (χ0v) is 13.4. The van der Waals surface area contributed by atoms with Gasteiger partial charge >= 0.3 is 0 Å². The SMILES string of the molecule is CCNC[C@@H](Nc1ncnc2cccnc12)c1cc(F)c(F)cc1F. The van der Waals surface area contributed by atoms with Crippen molar-refractivity contribution in [3.63, 3.8) is 0 Å². The third-order valence-electron chi connectivity index (χ3n) is 3.72. The molecule has 0 amide bonds. The quantitative estimate of drug-likeness (QED) is 0.671. The highest BCUT2D eigenvalue weighted by atomic mass is 19.2. The summed E-state index contributed by atoms with van der Waals surface area (Å²) in [5.74, 6) is -2.78. The van der Waals surface area contributed by atoms with Crippen LogP contribution in [-0.4, -0.2) is 28.0 Å². The van der Waals surface area contributed by atoms with Crippen molar-refractivity contribution < 1.29 is 13.2 Å². The predicted octanol–water partition coefficient (Wildman–Crippen LogP) is 3.20. The standard InChI is InChI=1S/C17H16F3N5/c1-2-21-8-15(10-6-12(19)13(20)7-11(10)18)25-17-16-14(23-9-24-17)4-3-5-22-16/h3-7,9,15,21H,2,8H2,1H3,(H,23,24,25)/t15-/m1/s1. The van der Waals surface area contributed by atoms with E-state index in [-0.39, 0.29) is 12.1 Å². The summed E-state index contributed by atoms with van der Waals surface area (Å²) in [4.78, 5) is 12.5. The Kier molecular flexibility index (Phi) is 5.08. The summed E-state index contributed by atoms with van der Waals surface area (Å²) in [7, 11) is 0. The van der Waals surface area contributed by atoms with Gasteiger partial charge in [0.1, 0.15) is 17.7 Å². The highest BCUT2D eigenvalue weighted by Gasteiger charge is 2.20. The van der Waals surface area contributed by atoms with Crippen LogP contribution in [0.15, 0.2) is 36.8 Å². The van der Waals surface area contributed by atoms with Crippen molar-refractivity contribution in [2.24, 2.45) is 0 Å². The molecule has 3 rings (SSSR count). The van der Waals surface area contributed by atoms with E-state index >= 15 is 0 Å². The monoisotopic (exact) mass is 347 g/mol. The molecule has 2 aromatic heterocycles. The van der Waals surface area contributed by atoms with Crippen molar-refractivity contribution in [2.75, 3.05) is 18.4 Å². The number of nitrogens with zero attached hydrogens (tertiary/aromatic N) is 3. The molecule has 0 aliphatic rings. The van der Waals surface area contributed by atoms with Gasteiger partial charge in [-0.1, -0.05) is 6.92 Å². The molecule has 2 heterocycles. The second kappa shape index (κ2) is 7.43. The highest BCUT2D eigenvalue weighted by molar-refractivity contribution is 5.84. The Hall–Kier alpha value is -2.74. The number of rotatable bonds is 6. The van der Waals surface area contributed by atoms with Crippen LogP contribution in [0.3, 0.4) is 0 Å². The largest absolute Gasteiger partial charge is 0.360 e. The van der Waals surface area contributed by atoms with Gasteiger partial charge < -0.3 is 10.6 Å². The summed E-state index contributed by atoms with van der Waals surface area (Å²) < 4.78 is 41.0. The number of benzene rings is 1. The summed E-state index contributed by atoms with van der Waals surface area (Å²) in [5, 5.41) is 6.12. The number of hydrogen-bond acceptors (Lipinski definition) is 5. The first-order valence-corrected chi connectivity index (χ1v) is 7.77. The van der Waals surface area contributed by atoms with E-state index in [2.05, 4.69) is 25.6 Å². The smallest absolute Gasteiger partial charge is 0.161 e. The van der Waals surface area contributed by atoms with Crippen molar-refractivity contribution in [2.45, 2.75) is 13.0 Å². The maximum absolute atomic E-state index is 14.2. The Morgan fingerprint density at radius 1 is 1.04 bits per heavy atom. The maximum Gasteiger partial charge on any atom is 0.161 e. The third kappa shape index (κ3) is 3.69. The van der Waals surface area contributed by atoms with E-state index < -0.39 is 23.5 Å². The topological polar surface area (TPSA) is 62.7 Å². The van der Waals surface area contributed by atoms with Crippen LogP contribution in [0.1, 0.15) is 18.5 Å². The van der Waals surface area contributed by atoms with Gasteiger partial charge in [-0.3, -0.25) is 4.98 Å². The average Bonchev–Trinajstić information content (AvgIpc) is 2.62. The Labute approximate surface area is 142 Å². The second-order valence-electron chi connectivity index (χ2n) is 5.39. The summed E-state index contributed by atoms with van der Waals surface area (Å²) in [6.45, 7) is 2.81. The molecule has 2 N–H and O–H groups in total. The molecular formula is C17H16F3N5. The van der Waals surface area contributed by atoms with Crippen LogP contribution in [-0.2, 0) is 0 Å². The number of nitrogens with one attached hydrogen (secondary N) is 2. The minimum absolute atomic E-state index is 0.00235. The van der Waals surface area contributed by atoms with Gasteiger partial charge in [0.05, 0.1) is 11.6 Å². The molecule has 0 spiro atoms. The molecule has 0 aliphatic carbocycles. The predicted molar refractivity (Wildman–Crippen MR) is 88.6 cm³/mol. The Bertz CT molecular complexity index is 882. The van der Waals surface area contributed by atoms with E-state index in [4.69, 9.17) is 0 Å². The van der Waals surface area contributed by atoms with Gasteiger partial charge in [0.15, 0.2) is 17.5 Å². The Balaban J connectivity index is 2.00. The van der Waals surface area contributed by atoms with E-state index in [1.807, 2.05) is 6.92 Å². The molecule has 1 atom stereocenters. The molecule has 1 aromatic carbocycles. The fourth-order valence-corrected chi connectivity index (χ4v) is 2.50. The van der Waals surface area contributed by atoms with Gasteiger partial charge in [0, 0.05) is 24.4 Å². The van der Waals surface area contributed by atoms with Gasteiger partial charge in [0.25, 0.3) is 0 Å². The molecule has 0 fully saturated rings. The minimum atomic E-state index is -1.22. The van der Waals surface area contributed by atoms with Gasteiger partial charge in [-0.2, -0.15) is 0 Å². The van der Waals surface area contributed by atoms with Gasteiger partial charge in [-0.05, 0) is 24.7 Å². The number of fused-ring (bicyclic) bond motifs is 1. The number of anilines is 1. The van der Waals surface area contributed by atoms with E-state index in [1.54, 1.807) is 18.3 Å². The van der Waals surface area contributed by atoms with Crippen molar-refractivity contribution in [3.8, 4) is 0 Å². The summed E-state index contributed by atoms with van der Waals surface area (Å²) in [5.41, 5.74) is 1.13. The van der Waals surface area contributed by atoms with Crippen molar-refractivity contribution >= 4 is 16.9 Å². The lowest BCUT2D eigenvalue weighted by Gasteiger charge is -2.21. The fourth-order valence-electron chi connectivity index (χ4n) is 2.50. The molecule has 0 unspecified atom stereocenters. The number of hydrogen-bond donors (Lipinski definition) is 2. The summed E-state index contributed by atoms with van der Waals surface area (Å²) >= 11 is 0. The molecule has 3 aromatic rings. The van der Waals surface area contributed by atoms with E-state index in [0.717, 1.165) is 6.07 Å². The van der Waals surface area contributed by atoms with Crippen LogP contribution in [0.5, 0.6) is 0 Å². The lowest BCUT2D eigenvalue weighted by molar-refractivity contribution is 0.484. The number of pyridine rings is 1. The van der Waals surface area contributed by atoms with E-state index in [1.165, 1.54) is 6.33 Å². The van der Waals surface area contributed by atoms with Crippen molar-refractivity contribution in [1.29, 1.82) is 0 Å². The van der Waals surface area contributed by atoms with Gasteiger partial charge in [-0.15, -0.1) is 0 Å². The Morgan fingerprint density at radius 3 is 2.64 bits per heavy atom. The summed E-state index contributed by atoms with van der Waals surface area (Å²) in [6.07, 6.45) is 2.95. The first-order chi connectivity index (χ1) is 12.1. The first kappa shape index (κ1) is 17.1. The number of aromatic nitrogens is 3. The van der Waals surface area contributed by atoms with Crippen LogP contribution in [0.2, 0.25) is 0 Å². The zero-order chi connectivity index (χ0) is 17.8. The molecule has 25 heavy (non-hydrogen) atoms. The van der Waals surface area contributed by atoms with Crippen molar-refractivity contribution in [3.05, 3.63) is 59.8 Å². The van der Waals surface area contributed by atoms with Crippen LogP contribution in [0.25, 0.3) is 11.0 Å². The molecule has 0 radical (unpaired) electrons. The zero-order valence-electron chi connectivity index (χ0n) is 13.4. The van der Waals surface area contributed by atoms with Crippen LogP contribution in [0.4, 0.5) is 19.0 Å². The summed E-state index contributed by atoms with van der Waals surface area (Å²) in [6, 6.07) is 4.24. The first-order valence-electron chi connectivity index (χ1n) is 7.77. The van der Waals surface area contributed by atoms with Crippen LogP contribution < -0.4 is 10.6 Å². The molecule has 0 bridgehead atoms. The second-order valence-corrected chi connectivity index (χ2v) is 5.39. The molecular weight excluding hydrogens is 331 g/mol. The van der Waals surface area contributed by atoms with Crippen molar-refractivity contribution in [1.82, 2.24) is 20.3 Å². The van der Waals surface area contributed by atoms with Crippen LogP contribution in [0, 0.1) is 17.5 Å². The Morgan fingerprint density at radius 2 is 1.84 bits per heavy atom. The maximum atomic E-state index is 14.2. The molecule has 0 saturated carbocycles. The normalized spacial score (nSPS) is 12.3. The number of halogens is 3. The molecule has 0 saturated heterocycles. The molecule has 5 nitrogen and oxygen atoms in total. The fraction of sp³-hybridized carbons (Fsp3) is 0.235. The molecule has 8 heteroatoms. The lowest BCUT2D eigenvalue weighted by atomic mass is 10.1. The lowest BCUT2D eigenvalue weighted by Crippen LogP contribution is -2.27. The van der Waals surface area contributed by atoms with Crippen LogP contribution >= 0.6 is 0 Å². The van der Waals surface area contributed by atoms with Gasteiger partial charge in [-0.25, -0.2) is 23.1 Å². The van der Waals surface area contributed by atoms with E-state index in [9.17, 15) is 13.2 Å². The van der Waals surface area contributed by atoms with E-state index in [0.29, 0.717) is 29.5 Å². The minimum Gasteiger partial charge on any atom is -0.360 e. The molecule has 130 valence electrons. The van der Waals surface area contributed by atoms with Gasteiger partial charge in [0.2, 0.25) is 0 Å². The highest BCUT2D eigenvalue weighted by Crippen LogP contribution is 2.25. The average molecular weight is 347 g/mol. The molecule has 0 aliphatic heterocycles. The third-order valence-corrected chi connectivity index (χ3v) is 3.72. The number of likely N-dealkylation sites (N-methyl/N-ethyl adjacent to an activating group) is 1.